The van der Waals surface area contributed by atoms with Crippen LogP contribution in [-0.2, 0) is 17.8 Å². The van der Waals surface area contributed by atoms with Gasteiger partial charge in [-0.2, -0.15) is 4.99 Å². The summed E-state index contributed by atoms with van der Waals surface area (Å²) >= 11 is 1.49. The van der Waals surface area contributed by atoms with Gasteiger partial charge in [0, 0.05) is 6.54 Å². The number of allylic oxidation sites excluding steroid dienone is 1. The molecule has 25 heavy (non-hydrogen) atoms. The molecule has 0 fully saturated rings. The number of aromatic nitrogens is 1. The standard InChI is InChI=1S/C20H20N2O2S/c1-3-13-22-19-16(24-4-2)11-8-12-17(19)25-20(22)21-18(23)14-15-9-6-5-7-10-15/h3,5-12H,1,4,13-14H2,2H3. The summed E-state index contributed by atoms with van der Waals surface area (Å²) in [5.74, 6) is 0.642. The number of ether oxygens (including phenoxy) is 1. The average molecular weight is 352 g/mol. The van der Waals surface area contributed by atoms with E-state index in [1.54, 1.807) is 6.08 Å². The number of rotatable bonds is 6. The maximum absolute atomic E-state index is 12.4. The Labute approximate surface area is 150 Å². The summed E-state index contributed by atoms with van der Waals surface area (Å²) in [5.41, 5.74) is 1.92. The molecule has 0 saturated heterocycles. The molecule has 0 saturated carbocycles. The highest BCUT2D eigenvalue weighted by Crippen LogP contribution is 2.27. The molecule has 4 nitrogen and oxygen atoms in total. The van der Waals surface area contributed by atoms with Crippen molar-refractivity contribution in [1.82, 2.24) is 4.57 Å². The number of carbonyl (C=O) groups is 1. The molecule has 2 aromatic carbocycles. The molecule has 0 radical (unpaired) electrons. The van der Waals surface area contributed by atoms with Gasteiger partial charge in [0.25, 0.3) is 5.91 Å². The van der Waals surface area contributed by atoms with Crippen LogP contribution in [-0.4, -0.2) is 17.1 Å². The number of benzene rings is 2. The van der Waals surface area contributed by atoms with E-state index < -0.39 is 0 Å². The lowest BCUT2D eigenvalue weighted by molar-refractivity contribution is -0.117. The SMILES string of the molecule is C=CCn1c(=NC(=O)Cc2ccccc2)sc2cccc(OCC)c21. The van der Waals surface area contributed by atoms with Gasteiger partial charge in [-0.1, -0.05) is 53.8 Å². The fraction of sp³-hybridized carbons (Fsp3) is 0.200. The first kappa shape index (κ1) is 17.2. The first-order valence-electron chi connectivity index (χ1n) is 8.20. The Morgan fingerprint density at radius 2 is 2.04 bits per heavy atom. The van der Waals surface area contributed by atoms with E-state index in [-0.39, 0.29) is 5.91 Å². The molecule has 128 valence electrons. The quantitative estimate of drug-likeness (QED) is 0.630. The number of thiazole rings is 1. The molecule has 3 rings (SSSR count). The number of hydrogen-bond donors (Lipinski definition) is 0. The molecule has 1 aromatic heterocycles. The van der Waals surface area contributed by atoms with Crippen LogP contribution in [0.1, 0.15) is 12.5 Å². The fourth-order valence-electron chi connectivity index (χ4n) is 2.67. The van der Waals surface area contributed by atoms with Crippen molar-refractivity contribution < 1.29 is 9.53 Å². The van der Waals surface area contributed by atoms with Gasteiger partial charge in [0.2, 0.25) is 0 Å². The third-order valence-corrected chi connectivity index (χ3v) is 4.74. The van der Waals surface area contributed by atoms with Crippen LogP contribution in [0.4, 0.5) is 0 Å². The van der Waals surface area contributed by atoms with Gasteiger partial charge in [-0.05, 0) is 24.6 Å². The molecule has 1 heterocycles. The number of nitrogens with zero attached hydrogens (tertiary/aromatic N) is 2. The van der Waals surface area contributed by atoms with E-state index >= 15 is 0 Å². The maximum Gasteiger partial charge on any atom is 0.252 e. The molecule has 3 aromatic rings. The van der Waals surface area contributed by atoms with E-state index in [2.05, 4.69) is 11.6 Å². The van der Waals surface area contributed by atoms with E-state index in [0.29, 0.717) is 24.4 Å². The summed E-state index contributed by atoms with van der Waals surface area (Å²) in [6, 6.07) is 15.6. The zero-order valence-corrected chi connectivity index (χ0v) is 15.0. The van der Waals surface area contributed by atoms with Gasteiger partial charge >= 0.3 is 0 Å². The van der Waals surface area contributed by atoms with Crippen LogP contribution < -0.4 is 9.54 Å². The molecule has 0 unspecified atom stereocenters. The van der Waals surface area contributed by atoms with Crippen LogP contribution >= 0.6 is 11.3 Å². The molecule has 0 aliphatic rings. The molecule has 0 aliphatic heterocycles. The highest BCUT2D eigenvalue weighted by molar-refractivity contribution is 7.16. The fourth-order valence-corrected chi connectivity index (χ4v) is 3.74. The molecule has 1 amide bonds. The molecular formula is C20H20N2O2S. The van der Waals surface area contributed by atoms with E-state index in [0.717, 1.165) is 21.5 Å². The van der Waals surface area contributed by atoms with Crippen molar-refractivity contribution in [1.29, 1.82) is 0 Å². The third kappa shape index (κ3) is 3.88. The summed E-state index contributed by atoms with van der Waals surface area (Å²) in [7, 11) is 0. The van der Waals surface area contributed by atoms with Gasteiger partial charge in [-0.25, -0.2) is 0 Å². The van der Waals surface area contributed by atoms with E-state index in [4.69, 9.17) is 4.74 Å². The predicted octanol–water partition coefficient (Wildman–Crippen LogP) is 3.96. The molecule has 0 bridgehead atoms. The molecule has 0 spiro atoms. The normalized spacial score (nSPS) is 11.6. The number of para-hydroxylation sites is 1. The highest BCUT2D eigenvalue weighted by Gasteiger charge is 2.12. The summed E-state index contributed by atoms with van der Waals surface area (Å²) in [5, 5.41) is 0. The van der Waals surface area contributed by atoms with Gasteiger partial charge in [-0.3, -0.25) is 4.79 Å². The molecule has 0 atom stereocenters. The average Bonchev–Trinajstić information content (AvgIpc) is 2.94. The van der Waals surface area contributed by atoms with Gasteiger partial charge in [0.05, 0.1) is 17.7 Å². The first-order valence-corrected chi connectivity index (χ1v) is 9.02. The Morgan fingerprint density at radius 1 is 1.24 bits per heavy atom. The maximum atomic E-state index is 12.4. The van der Waals surface area contributed by atoms with Crippen molar-refractivity contribution in [3.8, 4) is 5.75 Å². The Kier molecular flexibility index (Phi) is 5.46. The predicted molar refractivity (Wildman–Crippen MR) is 102 cm³/mol. The Morgan fingerprint density at radius 3 is 2.76 bits per heavy atom. The van der Waals surface area contributed by atoms with Crippen molar-refractivity contribution in [2.24, 2.45) is 4.99 Å². The minimum Gasteiger partial charge on any atom is -0.492 e. The minimum absolute atomic E-state index is 0.159. The molecule has 0 N–H and O–H groups in total. The van der Waals surface area contributed by atoms with Gasteiger partial charge in [-0.15, -0.1) is 6.58 Å². The zero-order valence-electron chi connectivity index (χ0n) is 14.1. The minimum atomic E-state index is -0.159. The monoisotopic (exact) mass is 352 g/mol. The number of amides is 1. The largest absolute Gasteiger partial charge is 0.492 e. The molecular weight excluding hydrogens is 332 g/mol. The Bertz CT molecular complexity index is 955. The number of hydrogen-bond acceptors (Lipinski definition) is 3. The zero-order chi connectivity index (χ0) is 17.6. The lowest BCUT2D eigenvalue weighted by atomic mass is 10.1. The number of carbonyl (C=O) groups excluding carboxylic acids is 1. The summed E-state index contributed by atoms with van der Waals surface area (Å²) in [6.45, 7) is 6.94. The second-order valence-electron chi connectivity index (χ2n) is 5.49. The van der Waals surface area contributed by atoms with E-state index in [1.165, 1.54) is 11.3 Å². The van der Waals surface area contributed by atoms with Crippen LogP contribution in [0.25, 0.3) is 10.2 Å². The van der Waals surface area contributed by atoms with Gasteiger partial charge in [0.15, 0.2) is 4.80 Å². The van der Waals surface area contributed by atoms with Crippen molar-refractivity contribution in [3.05, 3.63) is 71.6 Å². The smallest absolute Gasteiger partial charge is 0.252 e. The van der Waals surface area contributed by atoms with E-state index in [9.17, 15) is 4.79 Å². The van der Waals surface area contributed by atoms with Crippen molar-refractivity contribution in [2.75, 3.05) is 6.61 Å². The van der Waals surface area contributed by atoms with Gasteiger partial charge < -0.3 is 9.30 Å². The molecule has 0 aliphatic carbocycles. The first-order chi connectivity index (χ1) is 12.2. The van der Waals surface area contributed by atoms with Crippen LogP contribution in [0, 0.1) is 0 Å². The summed E-state index contributed by atoms with van der Waals surface area (Å²) in [4.78, 5) is 17.4. The van der Waals surface area contributed by atoms with Crippen LogP contribution in [0.5, 0.6) is 5.75 Å². The molecule has 5 heteroatoms. The van der Waals surface area contributed by atoms with Crippen molar-refractivity contribution in [2.45, 2.75) is 19.9 Å². The number of fused-ring (bicyclic) bond motifs is 1. The van der Waals surface area contributed by atoms with E-state index in [1.807, 2.05) is 60.0 Å². The van der Waals surface area contributed by atoms with Crippen molar-refractivity contribution in [3.63, 3.8) is 0 Å². The summed E-state index contributed by atoms with van der Waals surface area (Å²) in [6.07, 6.45) is 2.09. The topological polar surface area (TPSA) is 43.6 Å². The van der Waals surface area contributed by atoms with Crippen LogP contribution in [0.15, 0.2) is 66.2 Å². The second-order valence-corrected chi connectivity index (χ2v) is 6.50. The third-order valence-electron chi connectivity index (χ3n) is 3.69. The Balaban J connectivity index is 2.05. The van der Waals surface area contributed by atoms with Crippen LogP contribution in [0.3, 0.4) is 0 Å². The lowest BCUT2D eigenvalue weighted by Crippen LogP contribution is -2.17. The summed E-state index contributed by atoms with van der Waals surface area (Å²) < 4.78 is 8.77. The van der Waals surface area contributed by atoms with Crippen molar-refractivity contribution >= 4 is 27.5 Å². The second kappa shape index (κ2) is 7.94. The lowest BCUT2D eigenvalue weighted by Gasteiger charge is -2.07. The van der Waals surface area contributed by atoms with Crippen LogP contribution in [0.2, 0.25) is 0 Å². The van der Waals surface area contributed by atoms with Gasteiger partial charge in [0.1, 0.15) is 11.3 Å². The highest BCUT2D eigenvalue weighted by atomic mass is 32.1. The Hall–Kier alpha value is -2.66.